The number of nitrogens with zero attached hydrogens (tertiary/aromatic N) is 2. The Bertz CT molecular complexity index is 291. The van der Waals surface area contributed by atoms with Crippen LogP contribution in [0.15, 0.2) is 6.20 Å². The highest BCUT2D eigenvalue weighted by Crippen LogP contribution is 2.20. The maximum absolute atomic E-state index is 6.12. The van der Waals surface area contributed by atoms with Crippen molar-refractivity contribution in [3.8, 4) is 0 Å². The second-order valence-corrected chi connectivity index (χ2v) is 5.16. The van der Waals surface area contributed by atoms with Crippen LogP contribution < -0.4 is 5.73 Å². The van der Waals surface area contributed by atoms with E-state index in [-0.39, 0.29) is 6.04 Å². The Hall–Kier alpha value is -0.450. The topological polar surface area (TPSA) is 42.1 Å². The van der Waals surface area contributed by atoms with Crippen LogP contribution in [0.5, 0.6) is 0 Å². The Morgan fingerprint density at radius 1 is 1.57 bits per heavy atom. The molecular weight excluding hydrogens is 194 g/mol. The van der Waals surface area contributed by atoms with Gasteiger partial charge in [0, 0.05) is 17.6 Å². The number of hydrogen-bond donors (Lipinski definition) is 1. The van der Waals surface area contributed by atoms with E-state index in [0.29, 0.717) is 0 Å². The predicted molar refractivity (Wildman–Crippen MR) is 59.5 cm³/mol. The highest BCUT2D eigenvalue weighted by Gasteiger charge is 2.17. The molecule has 2 rings (SSSR count). The van der Waals surface area contributed by atoms with E-state index < -0.39 is 0 Å². The summed E-state index contributed by atoms with van der Waals surface area (Å²) >= 11 is 1.72. The zero-order chi connectivity index (χ0) is 9.97. The molecule has 1 fully saturated rings. The van der Waals surface area contributed by atoms with Crippen LogP contribution in [0, 0.1) is 6.92 Å². The van der Waals surface area contributed by atoms with Gasteiger partial charge in [0.05, 0.1) is 11.0 Å². The molecule has 2 N–H and O–H groups in total. The van der Waals surface area contributed by atoms with Crippen LogP contribution in [0.25, 0.3) is 0 Å². The molecule has 1 aromatic heterocycles. The normalized spacial score (nSPS) is 20.1. The molecule has 1 aromatic rings. The Morgan fingerprint density at radius 2 is 2.29 bits per heavy atom. The highest BCUT2D eigenvalue weighted by molar-refractivity contribution is 7.11. The molecule has 1 aliphatic rings. The fourth-order valence-electron chi connectivity index (χ4n) is 1.88. The summed E-state index contributed by atoms with van der Waals surface area (Å²) in [6.45, 7) is 5.44. The van der Waals surface area contributed by atoms with Crippen molar-refractivity contribution in [2.45, 2.75) is 25.8 Å². The van der Waals surface area contributed by atoms with E-state index in [1.54, 1.807) is 11.3 Å². The molecule has 0 radical (unpaired) electrons. The van der Waals surface area contributed by atoms with Gasteiger partial charge in [-0.15, -0.1) is 11.3 Å². The first-order valence-electron chi connectivity index (χ1n) is 5.16. The fourth-order valence-corrected chi connectivity index (χ4v) is 2.66. The first-order valence-corrected chi connectivity index (χ1v) is 5.97. The zero-order valence-electron chi connectivity index (χ0n) is 8.57. The third-order valence-corrected chi connectivity index (χ3v) is 3.70. The Balaban J connectivity index is 1.91. The lowest BCUT2D eigenvalue weighted by Crippen LogP contribution is -2.29. The van der Waals surface area contributed by atoms with Crippen molar-refractivity contribution in [3.63, 3.8) is 0 Å². The van der Waals surface area contributed by atoms with E-state index >= 15 is 0 Å². The number of rotatable bonds is 3. The molecule has 1 atom stereocenters. The monoisotopic (exact) mass is 211 g/mol. The van der Waals surface area contributed by atoms with Gasteiger partial charge >= 0.3 is 0 Å². The van der Waals surface area contributed by atoms with Crippen LogP contribution in [-0.4, -0.2) is 29.5 Å². The average molecular weight is 211 g/mol. The molecule has 0 spiro atoms. The number of likely N-dealkylation sites (tertiary alicyclic amines) is 1. The van der Waals surface area contributed by atoms with Crippen molar-refractivity contribution >= 4 is 11.3 Å². The van der Waals surface area contributed by atoms with Gasteiger partial charge in [-0.25, -0.2) is 4.98 Å². The molecular formula is C10H17N3S. The fraction of sp³-hybridized carbons (Fsp3) is 0.700. The lowest BCUT2D eigenvalue weighted by atomic mass is 10.2. The summed E-state index contributed by atoms with van der Waals surface area (Å²) in [5, 5.41) is 1.11. The summed E-state index contributed by atoms with van der Waals surface area (Å²) in [6, 6.07) is 0.152. The average Bonchev–Trinajstić information content (AvgIpc) is 2.75. The van der Waals surface area contributed by atoms with Gasteiger partial charge in [0.25, 0.3) is 0 Å². The lowest BCUT2D eigenvalue weighted by Gasteiger charge is -2.18. The predicted octanol–water partition coefficient (Wildman–Crippen LogP) is 1.55. The standard InChI is InChI=1S/C10H17N3S/c1-8-12-6-10(14-8)9(11)7-13-4-2-3-5-13/h6,9H,2-5,7,11H2,1H3. The van der Waals surface area contributed by atoms with Crippen LogP contribution in [0.2, 0.25) is 0 Å². The quantitative estimate of drug-likeness (QED) is 0.825. The Morgan fingerprint density at radius 3 is 2.86 bits per heavy atom. The largest absolute Gasteiger partial charge is 0.322 e. The Labute approximate surface area is 88.9 Å². The molecule has 0 bridgehead atoms. The van der Waals surface area contributed by atoms with Gasteiger partial charge in [0.2, 0.25) is 0 Å². The van der Waals surface area contributed by atoms with Gasteiger partial charge in [0.1, 0.15) is 0 Å². The van der Waals surface area contributed by atoms with Crippen molar-refractivity contribution in [2.75, 3.05) is 19.6 Å². The van der Waals surface area contributed by atoms with Gasteiger partial charge in [0.15, 0.2) is 0 Å². The molecule has 1 unspecified atom stereocenters. The van der Waals surface area contributed by atoms with Crippen LogP contribution >= 0.6 is 11.3 Å². The minimum atomic E-state index is 0.152. The summed E-state index contributed by atoms with van der Waals surface area (Å²) in [5.74, 6) is 0. The minimum Gasteiger partial charge on any atom is -0.322 e. The zero-order valence-corrected chi connectivity index (χ0v) is 9.39. The summed E-state index contributed by atoms with van der Waals surface area (Å²) in [4.78, 5) is 7.89. The van der Waals surface area contributed by atoms with Crippen molar-refractivity contribution < 1.29 is 0 Å². The molecule has 0 amide bonds. The number of hydrogen-bond acceptors (Lipinski definition) is 4. The van der Waals surface area contributed by atoms with E-state index in [1.165, 1.54) is 30.8 Å². The van der Waals surface area contributed by atoms with E-state index in [2.05, 4.69) is 9.88 Å². The second-order valence-electron chi connectivity index (χ2n) is 3.90. The van der Waals surface area contributed by atoms with Crippen LogP contribution in [0.4, 0.5) is 0 Å². The molecule has 0 saturated carbocycles. The number of thiazole rings is 1. The summed E-state index contributed by atoms with van der Waals surface area (Å²) in [5.41, 5.74) is 6.12. The van der Waals surface area contributed by atoms with Crippen molar-refractivity contribution in [3.05, 3.63) is 16.1 Å². The van der Waals surface area contributed by atoms with Crippen LogP contribution in [-0.2, 0) is 0 Å². The van der Waals surface area contributed by atoms with Gasteiger partial charge in [-0.2, -0.15) is 0 Å². The summed E-state index contributed by atoms with van der Waals surface area (Å²) in [6.07, 6.45) is 4.57. The third-order valence-electron chi connectivity index (χ3n) is 2.66. The molecule has 3 nitrogen and oxygen atoms in total. The molecule has 1 saturated heterocycles. The first-order chi connectivity index (χ1) is 6.75. The van der Waals surface area contributed by atoms with E-state index in [0.717, 1.165) is 11.6 Å². The van der Waals surface area contributed by atoms with Gasteiger partial charge in [-0.3, -0.25) is 0 Å². The van der Waals surface area contributed by atoms with Crippen molar-refractivity contribution in [2.24, 2.45) is 5.73 Å². The molecule has 2 heterocycles. The van der Waals surface area contributed by atoms with E-state index in [9.17, 15) is 0 Å². The maximum Gasteiger partial charge on any atom is 0.0897 e. The van der Waals surface area contributed by atoms with Gasteiger partial charge in [-0.05, 0) is 32.9 Å². The number of aryl methyl sites for hydroxylation is 1. The SMILES string of the molecule is Cc1ncc(C(N)CN2CCCC2)s1. The second kappa shape index (κ2) is 4.38. The van der Waals surface area contributed by atoms with Gasteiger partial charge in [-0.1, -0.05) is 0 Å². The molecule has 78 valence electrons. The summed E-state index contributed by atoms with van der Waals surface area (Å²) < 4.78 is 0. The molecule has 14 heavy (non-hydrogen) atoms. The molecule has 0 aromatic carbocycles. The Kier molecular flexibility index (Phi) is 3.15. The minimum absolute atomic E-state index is 0.152. The van der Waals surface area contributed by atoms with Crippen LogP contribution in [0.3, 0.4) is 0 Å². The van der Waals surface area contributed by atoms with Crippen molar-refractivity contribution in [1.29, 1.82) is 0 Å². The summed E-state index contributed by atoms with van der Waals surface area (Å²) in [7, 11) is 0. The highest BCUT2D eigenvalue weighted by atomic mass is 32.1. The third kappa shape index (κ3) is 2.32. The lowest BCUT2D eigenvalue weighted by molar-refractivity contribution is 0.317. The number of aromatic nitrogens is 1. The van der Waals surface area contributed by atoms with Gasteiger partial charge < -0.3 is 10.6 Å². The number of nitrogens with two attached hydrogens (primary N) is 1. The molecule has 0 aliphatic carbocycles. The van der Waals surface area contributed by atoms with E-state index in [4.69, 9.17) is 5.73 Å². The smallest absolute Gasteiger partial charge is 0.0897 e. The maximum atomic E-state index is 6.12. The molecule has 4 heteroatoms. The van der Waals surface area contributed by atoms with Crippen molar-refractivity contribution in [1.82, 2.24) is 9.88 Å². The first kappa shape index (κ1) is 10.1. The molecule has 1 aliphatic heterocycles. The van der Waals surface area contributed by atoms with E-state index in [1.807, 2.05) is 13.1 Å². The van der Waals surface area contributed by atoms with Crippen LogP contribution in [0.1, 0.15) is 28.8 Å².